The highest BCUT2D eigenvalue weighted by atomic mass is 32.2. The number of nitrogens with zero attached hydrogens (tertiary/aromatic N) is 1. The van der Waals surface area contributed by atoms with Crippen LogP contribution in [0.15, 0.2) is 42.5 Å². The molecule has 0 saturated carbocycles. The van der Waals surface area contributed by atoms with Crippen LogP contribution in [0, 0.1) is 0 Å². The fraction of sp³-hybridized carbons (Fsp3) is 0.435. The van der Waals surface area contributed by atoms with Gasteiger partial charge in [-0.15, -0.1) is 0 Å². The summed E-state index contributed by atoms with van der Waals surface area (Å²) >= 11 is 0. The van der Waals surface area contributed by atoms with Crippen LogP contribution in [-0.2, 0) is 27.7 Å². The highest BCUT2D eigenvalue weighted by Crippen LogP contribution is 2.35. The van der Waals surface area contributed by atoms with Crippen LogP contribution in [0.4, 0.5) is 5.69 Å². The van der Waals surface area contributed by atoms with Gasteiger partial charge in [0.25, 0.3) is 5.91 Å². The summed E-state index contributed by atoms with van der Waals surface area (Å²) in [7, 11) is -3.52. The molecule has 7 heteroatoms. The number of aryl methyl sites for hydroxylation is 2. The van der Waals surface area contributed by atoms with E-state index >= 15 is 0 Å². The number of fused-ring (bicyclic) bond motifs is 2. The van der Waals surface area contributed by atoms with E-state index in [0.29, 0.717) is 11.4 Å². The number of nitrogens with one attached hydrogen (secondary N) is 1. The van der Waals surface area contributed by atoms with E-state index < -0.39 is 16.1 Å². The summed E-state index contributed by atoms with van der Waals surface area (Å²) in [4.78, 5) is 13.0. The Morgan fingerprint density at radius 3 is 2.67 bits per heavy atom. The van der Waals surface area contributed by atoms with Crippen molar-refractivity contribution in [3.8, 4) is 5.75 Å². The van der Waals surface area contributed by atoms with Gasteiger partial charge in [0.15, 0.2) is 6.10 Å². The van der Waals surface area contributed by atoms with E-state index in [9.17, 15) is 13.2 Å². The first-order chi connectivity index (χ1) is 14.4. The second kappa shape index (κ2) is 8.30. The van der Waals surface area contributed by atoms with Crippen molar-refractivity contribution in [2.45, 2.75) is 51.7 Å². The standard InChI is InChI=1S/C23H28N2O4S/c1-3-30(27,28)25-15-22(29-21-11-7-6-10-20(21)25)23(26)24-16(2)18-13-12-17-8-4-5-9-19(17)14-18/h6-7,10-14,16,22H,3-5,8-9,15H2,1-2H3,(H,24,26). The Bertz CT molecular complexity index is 1050. The SMILES string of the molecule is CCS(=O)(=O)N1CC(C(=O)NC(C)c2ccc3c(c2)CCCC3)Oc2ccccc21. The molecule has 1 aliphatic carbocycles. The van der Waals surface area contributed by atoms with Crippen molar-refractivity contribution in [1.29, 1.82) is 0 Å². The first-order valence-electron chi connectivity index (χ1n) is 10.6. The molecule has 2 aliphatic rings. The molecule has 1 aliphatic heterocycles. The molecule has 1 amide bonds. The maximum atomic E-state index is 13.0. The van der Waals surface area contributed by atoms with E-state index in [4.69, 9.17) is 4.74 Å². The maximum Gasteiger partial charge on any atom is 0.263 e. The van der Waals surface area contributed by atoms with Gasteiger partial charge in [0, 0.05) is 0 Å². The summed E-state index contributed by atoms with van der Waals surface area (Å²) in [6.45, 7) is 3.51. The minimum atomic E-state index is -3.52. The van der Waals surface area contributed by atoms with Gasteiger partial charge in [-0.25, -0.2) is 8.42 Å². The molecule has 0 radical (unpaired) electrons. The molecule has 160 valence electrons. The molecule has 30 heavy (non-hydrogen) atoms. The lowest BCUT2D eigenvalue weighted by atomic mass is 9.89. The third-order valence-corrected chi connectivity index (χ3v) is 7.71. The topological polar surface area (TPSA) is 75.7 Å². The Balaban J connectivity index is 1.52. The number of para-hydroxylation sites is 2. The number of sulfonamides is 1. The molecule has 2 unspecified atom stereocenters. The minimum Gasteiger partial charge on any atom is -0.476 e. The van der Waals surface area contributed by atoms with E-state index in [-0.39, 0.29) is 24.2 Å². The number of benzene rings is 2. The smallest absolute Gasteiger partial charge is 0.263 e. The number of hydrogen-bond acceptors (Lipinski definition) is 4. The number of anilines is 1. The van der Waals surface area contributed by atoms with Crippen molar-refractivity contribution in [1.82, 2.24) is 5.32 Å². The quantitative estimate of drug-likeness (QED) is 0.792. The average Bonchev–Trinajstić information content (AvgIpc) is 2.77. The summed E-state index contributed by atoms with van der Waals surface area (Å²) < 4.78 is 32.4. The second-order valence-corrected chi connectivity index (χ2v) is 10.2. The Labute approximate surface area is 178 Å². The third kappa shape index (κ3) is 4.03. The summed E-state index contributed by atoms with van der Waals surface area (Å²) in [5.41, 5.74) is 4.29. The van der Waals surface area contributed by atoms with Crippen LogP contribution in [0.1, 0.15) is 49.4 Å². The largest absolute Gasteiger partial charge is 0.476 e. The number of ether oxygens (including phenoxy) is 1. The number of carbonyl (C=O) groups excluding carboxylic acids is 1. The van der Waals surface area contributed by atoms with Gasteiger partial charge in [0.05, 0.1) is 24.0 Å². The van der Waals surface area contributed by atoms with Gasteiger partial charge in [0.1, 0.15) is 5.75 Å². The minimum absolute atomic E-state index is 0.0318. The van der Waals surface area contributed by atoms with Gasteiger partial charge < -0.3 is 10.1 Å². The van der Waals surface area contributed by atoms with Gasteiger partial charge >= 0.3 is 0 Å². The van der Waals surface area contributed by atoms with Crippen molar-refractivity contribution in [2.75, 3.05) is 16.6 Å². The normalized spacial score (nSPS) is 19.3. The predicted octanol–water partition coefficient (Wildman–Crippen LogP) is 3.36. The van der Waals surface area contributed by atoms with Crippen LogP contribution in [0.3, 0.4) is 0 Å². The van der Waals surface area contributed by atoms with Crippen LogP contribution in [-0.4, -0.2) is 32.7 Å². The van der Waals surface area contributed by atoms with Gasteiger partial charge in [-0.1, -0.05) is 30.3 Å². The zero-order valence-electron chi connectivity index (χ0n) is 17.4. The third-order valence-electron chi connectivity index (χ3n) is 5.96. The highest BCUT2D eigenvalue weighted by Gasteiger charge is 2.36. The van der Waals surface area contributed by atoms with Gasteiger partial charge in [-0.2, -0.15) is 0 Å². The fourth-order valence-corrected chi connectivity index (χ4v) is 5.30. The molecule has 2 atom stereocenters. The van der Waals surface area contributed by atoms with Crippen molar-refractivity contribution < 1.29 is 17.9 Å². The molecule has 0 aromatic heterocycles. The van der Waals surface area contributed by atoms with Crippen molar-refractivity contribution in [2.24, 2.45) is 0 Å². The van der Waals surface area contributed by atoms with Gasteiger partial charge in [0.2, 0.25) is 10.0 Å². The first kappa shape index (κ1) is 20.7. The van der Waals surface area contributed by atoms with Crippen LogP contribution in [0.5, 0.6) is 5.75 Å². The van der Waals surface area contributed by atoms with E-state index in [2.05, 4.69) is 23.5 Å². The Morgan fingerprint density at radius 1 is 1.17 bits per heavy atom. The molecule has 0 bridgehead atoms. The average molecular weight is 429 g/mol. The molecule has 2 aromatic rings. The van der Waals surface area contributed by atoms with Crippen LogP contribution in [0.25, 0.3) is 0 Å². The molecule has 2 aromatic carbocycles. The molecular formula is C23H28N2O4S. The van der Waals surface area contributed by atoms with Crippen molar-refractivity contribution >= 4 is 21.6 Å². The lowest BCUT2D eigenvalue weighted by molar-refractivity contribution is -0.128. The maximum absolute atomic E-state index is 13.0. The predicted molar refractivity (Wildman–Crippen MR) is 117 cm³/mol. The lowest BCUT2D eigenvalue weighted by Gasteiger charge is -2.35. The van der Waals surface area contributed by atoms with Crippen LogP contribution >= 0.6 is 0 Å². The number of amides is 1. The van der Waals surface area contributed by atoms with E-state index in [0.717, 1.165) is 18.4 Å². The summed E-state index contributed by atoms with van der Waals surface area (Å²) in [6.07, 6.45) is 3.73. The number of hydrogen-bond donors (Lipinski definition) is 1. The molecule has 1 N–H and O–H groups in total. The summed E-state index contributed by atoms with van der Waals surface area (Å²) in [5.74, 6) is 0.0506. The highest BCUT2D eigenvalue weighted by molar-refractivity contribution is 7.92. The Hall–Kier alpha value is -2.54. The van der Waals surface area contributed by atoms with Crippen molar-refractivity contribution in [3.05, 3.63) is 59.2 Å². The molecule has 0 spiro atoms. The first-order valence-corrected chi connectivity index (χ1v) is 12.2. The van der Waals surface area contributed by atoms with Crippen LogP contribution in [0.2, 0.25) is 0 Å². The lowest BCUT2D eigenvalue weighted by Crippen LogP contribution is -2.51. The Kier molecular flexibility index (Phi) is 5.73. The zero-order chi connectivity index (χ0) is 21.3. The molecule has 0 saturated heterocycles. The van der Waals surface area contributed by atoms with E-state index in [1.54, 1.807) is 31.2 Å². The molecule has 4 rings (SSSR count). The zero-order valence-corrected chi connectivity index (χ0v) is 18.2. The van der Waals surface area contributed by atoms with Gasteiger partial charge in [-0.3, -0.25) is 9.10 Å². The molecule has 0 fully saturated rings. The van der Waals surface area contributed by atoms with Crippen LogP contribution < -0.4 is 14.4 Å². The Morgan fingerprint density at radius 2 is 1.90 bits per heavy atom. The molecular weight excluding hydrogens is 400 g/mol. The van der Waals surface area contributed by atoms with Gasteiger partial charge in [-0.05, 0) is 68.4 Å². The second-order valence-electron chi connectivity index (χ2n) is 7.97. The summed E-state index contributed by atoms with van der Waals surface area (Å²) in [6, 6.07) is 13.2. The number of rotatable bonds is 5. The fourth-order valence-electron chi connectivity index (χ4n) is 4.17. The van der Waals surface area contributed by atoms with Crippen molar-refractivity contribution in [3.63, 3.8) is 0 Å². The number of carbonyl (C=O) groups is 1. The van der Waals surface area contributed by atoms with E-state index in [1.807, 2.05) is 6.92 Å². The molecule has 6 nitrogen and oxygen atoms in total. The monoisotopic (exact) mass is 428 g/mol. The van der Waals surface area contributed by atoms with E-state index in [1.165, 1.54) is 28.3 Å². The summed E-state index contributed by atoms with van der Waals surface area (Å²) in [5, 5.41) is 3.01. The molecule has 1 heterocycles.